The number of rotatable bonds is 9. The first kappa shape index (κ1) is 24.2. The van der Waals surface area contributed by atoms with Crippen LogP contribution in [0.25, 0.3) is 0 Å². The van der Waals surface area contributed by atoms with E-state index in [0.29, 0.717) is 30.2 Å². The van der Waals surface area contributed by atoms with Crippen LogP contribution in [0.4, 0.5) is 4.39 Å². The zero-order valence-corrected chi connectivity index (χ0v) is 19.4. The Bertz CT molecular complexity index is 809. The van der Waals surface area contributed by atoms with Crippen LogP contribution in [0.3, 0.4) is 0 Å². The summed E-state index contributed by atoms with van der Waals surface area (Å²) in [5.74, 6) is 1.06. The number of halogens is 1. The predicted octanol–water partition coefficient (Wildman–Crippen LogP) is 3.47. The van der Waals surface area contributed by atoms with Crippen LogP contribution in [0, 0.1) is 5.41 Å². The van der Waals surface area contributed by atoms with Crippen molar-refractivity contribution in [3.05, 3.63) is 41.7 Å². The highest BCUT2D eigenvalue weighted by Gasteiger charge is 2.54. The number of aliphatic hydroxyl groups is 1. The van der Waals surface area contributed by atoms with E-state index in [9.17, 15) is 9.18 Å². The summed E-state index contributed by atoms with van der Waals surface area (Å²) >= 11 is 0. The predicted molar refractivity (Wildman–Crippen MR) is 125 cm³/mol. The third kappa shape index (κ3) is 5.10. The molecule has 0 atom stereocenters. The monoisotopic (exact) mass is 460 g/mol. The van der Waals surface area contributed by atoms with E-state index in [-0.39, 0.29) is 36.7 Å². The fourth-order valence-corrected chi connectivity index (χ4v) is 5.94. The fourth-order valence-electron chi connectivity index (χ4n) is 5.94. The molecule has 3 saturated carbocycles. The normalized spacial score (nSPS) is 28.2. The summed E-state index contributed by atoms with van der Waals surface area (Å²) < 4.78 is 24.0. The molecule has 5 rings (SSSR count). The van der Waals surface area contributed by atoms with E-state index in [1.807, 2.05) is 12.1 Å². The van der Waals surface area contributed by atoms with E-state index in [4.69, 9.17) is 20.3 Å². The molecule has 6 nitrogen and oxygen atoms in total. The molecule has 1 aromatic carbocycles. The molecule has 1 heterocycles. The van der Waals surface area contributed by atoms with Gasteiger partial charge in [-0.2, -0.15) is 0 Å². The van der Waals surface area contributed by atoms with Crippen LogP contribution >= 0.6 is 0 Å². The average molecular weight is 461 g/mol. The molecule has 7 heteroatoms. The van der Waals surface area contributed by atoms with Gasteiger partial charge in [-0.3, -0.25) is 4.79 Å². The number of amides is 1. The van der Waals surface area contributed by atoms with Gasteiger partial charge in [0.25, 0.3) is 0 Å². The standard InChI is InChI=1S/C26H37FN2O4/c27-17-20(18-28)19-33-22-3-1-21(2-4-22)25-7-10-26(11-8-25,12-9-25)24(31)29-13-5-23(6-14-29)32-16-15-30/h1-4,17,23,30H,5-16,18-19,28H2. The van der Waals surface area contributed by atoms with Gasteiger partial charge in [0.05, 0.1) is 25.6 Å². The van der Waals surface area contributed by atoms with Gasteiger partial charge >= 0.3 is 0 Å². The first-order valence-corrected chi connectivity index (χ1v) is 12.3. The number of hydrogen-bond donors (Lipinski definition) is 2. The van der Waals surface area contributed by atoms with Crippen molar-refractivity contribution in [2.75, 3.05) is 39.5 Å². The van der Waals surface area contributed by atoms with Crippen molar-refractivity contribution in [3.8, 4) is 5.75 Å². The summed E-state index contributed by atoms with van der Waals surface area (Å²) in [5, 5.41) is 8.94. The summed E-state index contributed by atoms with van der Waals surface area (Å²) in [6.07, 6.45) is 8.35. The number of carbonyl (C=O) groups is 1. The molecule has 1 amide bonds. The molecule has 33 heavy (non-hydrogen) atoms. The minimum atomic E-state index is -0.194. The van der Waals surface area contributed by atoms with E-state index < -0.39 is 0 Å². The van der Waals surface area contributed by atoms with Crippen molar-refractivity contribution in [2.24, 2.45) is 11.1 Å². The number of hydrogen-bond acceptors (Lipinski definition) is 5. The molecule has 0 radical (unpaired) electrons. The van der Waals surface area contributed by atoms with Crippen molar-refractivity contribution < 1.29 is 23.8 Å². The molecule has 0 aromatic heterocycles. The SMILES string of the molecule is NCC(=CF)COc1ccc(C23CCC(C(=O)N4CCC(OCCO)CC4)(CC2)CC3)cc1. The maximum atomic E-state index is 13.5. The number of piperidine rings is 1. The second kappa shape index (κ2) is 10.5. The topological polar surface area (TPSA) is 85.0 Å². The second-order valence-electron chi connectivity index (χ2n) is 9.93. The zero-order chi connectivity index (χ0) is 23.3. The Hall–Kier alpha value is -1.96. The van der Waals surface area contributed by atoms with Gasteiger partial charge in [0.2, 0.25) is 5.91 Å². The van der Waals surface area contributed by atoms with Gasteiger partial charge in [-0.1, -0.05) is 12.1 Å². The van der Waals surface area contributed by atoms with Gasteiger partial charge in [-0.15, -0.1) is 0 Å². The van der Waals surface area contributed by atoms with E-state index in [1.54, 1.807) is 0 Å². The number of aliphatic hydroxyl groups excluding tert-OH is 1. The molecule has 182 valence electrons. The first-order valence-electron chi connectivity index (χ1n) is 12.3. The van der Waals surface area contributed by atoms with Gasteiger partial charge in [-0.25, -0.2) is 4.39 Å². The molecule has 4 fully saturated rings. The lowest BCUT2D eigenvalue weighted by atomic mass is 9.51. The molecule has 3 aliphatic carbocycles. The lowest BCUT2D eigenvalue weighted by Crippen LogP contribution is -2.54. The van der Waals surface area contributed by atoms with E-state index in [2.05, 4.69) is 17.0 Å². The Labute approximate surface area is 195 Å². The molecule has 4 aliphatic rings. The van der Waals surface area contributed by atoms with E-state index in [0.717, 1.165) is 64.5 Å². The van der Waals surface area contributed by atoms with Gasteiger partial charge in [0, 0.05) is 30.6 Å². The van der Waals surface area contributed by atoms with Crippen LogP contribution in [-0.2, 0) is 14.9 Å². The minimum absolute atomic E-state index is 0.0471. The lowest BCUT2D eigenvalue weighted by Gasteiger charge is -2.54. The number of carbonyl (C=O) groups excluding carboxylic acids is 1. The molecular formula is C26H37FN2O4. The number of ether oxygens (including phenoxy) is 2. The van der Waals surface area contributed by atoms with Crippen LogP contribution in [0.1, 0.15) is 56.9 Å². The largest absolute Gasteiger partial charge is 0.489 e. The average Bonchev–Trinajstić information content (AvgIpc) is 2.89. The summed E-state index contributed by atoms with van der Waals surface area (Å²) in [5.41, 5.74) is 7.18. The van der Waals surface area contributed by atoms with Gasteiger partial charge in [0.1, 0.15) is 12.4 Å². The molecule has 0 spiro atoms. The first-order chi connectivity index (χ1) is 16.0. The minimum Gasteiger partial charge on any atom is -0.489 e. The number of nitrogens with zero attached hydrogens (tertiary/aromatic N) is 1. The highest BCUT2D eigenvalue weighted by Crippen LogP contribution is 2.58. The van der Waals surface area contributed by atoms with Crippen LogP contribution in [0.15, 0.2) is 36.2 Å². The molecule has 0 unspecified atom stereocenters. The highest BCUT2D eigenvalue weighted by atomic mass is 19.1. The van der Waals surface area contributed by atoms with Crippen molar-refractivity contribution in [1.82, 2.24) is 4.90 Å². The van der Waals surface area contributed by atoms with Gasteiger partial charge < -0.3 is 25.2 Å². The Balaban J connectivity index is 1.33. The Kier molecular flexibility index (Phi) is 7.72. The lowest BCUT2D eigenvalue weighted by molar-refractivity contribution is -0.152. The smallest absolute Gasteiger partial charge is 0.228 e. The molecule has 1 saturated heterocycles. The Morgan fingerprint density at radius 3 is 2.30 bits per heavy atom. The van der Waals surface area contributed by atoms with Crippen molar-refractivity contribution in [2.45, 2.75) is 62.9 Å². The number of likely N-dealkylation sites (tertiary alicyclic amines) is 1. The van der Waals surface area contributed by atoms with Crippen molar-refractivity contribution in [1.29, 1.82) is 0 Å². The van der Waals surface area contributed by atoms with Crippen LogP contribution < -0.4 is 10.5 Å². The van der Waals surface area contributed by atoms with E-state index in [1.165, 1.54) is 5.56 Å². The maximum Gasteiger partial charge on any atom is 0.228 e. The number of nitrogens with two attached hydrogens (primary N) is 1. The third-order valence-electron chi connectivity index (χ3n) is 8.18. The summed E-state index contributed by atoms with van der Waals surface area (Å²) in [6, 6.07) is 8.18. The van der Waals surface area contributed by atoms with Gasteiger partial charge in [-0.05, 0) is 74.5 Å². The third-order valence-corrected chi connectivity index (χ3v) is 8.18. The quantitative estimate of drug-likeness (QED) is 0.590. The highest BCUT2D eigenvalue weighted by molar-refractivity contribution is 5.83. The molecular weight excluding hydrogens is 423 g/mol. The summed E-state index contributed by atoms with van der Waals surface area (Å²) in [7, 11) is 0. The second-order valence-corrected chi connectivity index (χ2v) is 9.93. The fraction of sp³-hybridized carbons (Fsp3) is 0.654. The van der Waals surface area contributed by atoms with Crippen molar-refractivity contribution >= 4 is 5.91 Å². The molecule has 1 aromatic rings. The Morgan fingerprint density at radius 2 is 1.76 bits per heavy atom. The molecule has 3 N–H and O–H groups in total. The number of fused-ring (bicyclic) bond motifs is 3. The molecule has 2 bridgehead atoms. The van der Waals surface area contributed by atoms with E-state index >= 15 is 0 Å². The summed E-state index contributed by atoms with van der Waals surface area (Å²) in [4.78, 5) is 15.6. The van der Waals surface area contributed by atoms with Crippen LogP contribution in [0.2, 0.25) is 0 Å². The number of benzene rings is 1. The van der Waals surface area contributed by atoms with Crippen molar-refractivity contribution in [3.63, 3.8) is 0 Å². The van der Waals surface area contributed by atoms with Crippen LogP contribution in [-0.4, -0.2) is 61.5 Å². The van der Waals surface area contributed by atoms with Crippen LogP contribution in [0.5, 0.6) is 5.75 Å². The maximum absolute atomic E-state index is 13.5. The molecule has 1 aliphatic heterocycles. The van der Waals surface area contributed by atoms with Gasteiger partial charge in [0.15, 0.2) is 0 Å². The summed E-state index contributed by atoms with van der Waals surface area (Å²) in [6.45, 7) is 2.24. The Morgan fingerprint density at radius 1 is 1.12 bits per heavy atom. The zero-order valence-electron chi connectivity index (χ0n) is 19.4.